The molecule has 0 bridgehead atoms. The van der Waals surface area contributed by atoms with Crippen LogP contribution in [0.15, 0.2) is 24.3 Å². The molecular formula is C11H16N2O3S. The van der Waals surface area contributed by atoms with Crippen molar-refractivity contribution in [3.8, 4) is 0 Å². The number of carbonyl (C=O) groups is 1. The SMILES string of the molecule is CCS(=O)(=O)N(C)c1cccc(C(=O)NC)c1. The minimum Gasteiger partial charge on any atom is -0.355 e. The first-order valence-electron chi connectivity index (χ1n) is 5.21. The first-order valence-corrected chi connectivity index (χ1v) is 6.82. The summed E-state index contributed by atoms with van der Waals surface area (Å²) in [5.74, 6) is -0.220. The second-order valence-electron chi connectivity index (χ2n) is 3.50. The summed E-state index contributed by atoms with van der Waals surface area (Å²) < 4.78 is 24.5. The molecule has 1 amide bonds. The maximum absolute atomic E-state index is 11.7. The lowest BCUT2D eigenvalue weighted by atomic mass is 10.2. The molecule has 5 nitrogen and oxygen atoms in total. The van der Waals surface area contributed by atoms with Crippen molar-refractivity contribution in [2.24, 2.45) is 0 Å². The molecule has 0 aliphatic rings. The Morgan fingerprint density at radius 3 is 2.59 bits per heavy atom. The lowest BCUT2D eigenvalue weighted by Crippen LogP contribution is -2.28. The van der Waals surface area contributed by atoms with Gasteiger partial charge in [0, 0.05) is 19.7 Å². The van der Waals surface area contributed by atoms with Crippen molar-refractivity contribution in [2.45, 2.75) is 6.92 Å². The second kappa shape index (κ2) is 5.18. The Kier molecular flexibility index (Phi) is 4.11. The van der Waals surface area contributed by atoms with E-state index in [1.807, 2.05) is 0 Å². The number of sulfonamides is 1. The van der Waals surface area contributed by atoms with E-state index in [0.717, 1.165) is 0 Å². The zero-order chi connectivity index (χ0) is 13.1. The molecule has 0 saturated carbocycles. The monoisotopic (exact) mass is 256 g/mol. The number of amides is 1. The molecule has 0 unspecified atom stereocenters. The smallest absolute Gasteiger partial charge is 0.251 e. The number of carbonyl (C=O) groups excluding carboxylic acids is 1. The van der Waals surface area contributed by atoms with Gasteiger partial charge in [-0.15, -0.1) is 0 Å². The van der Waals surface area contributed by atoms with Crippen molar-refractivity contribution < 1.29 is 13.2 Å². The lowest BCUT2D eigenvalue weighted by molar-refractivity contribution is 0.0963. The normalized spacial score (nSPS) is 11.0. The van der Waals surface area contributed by atoms with Crippen LogP contribution in [-0.2, 0) is 10.0 Å². The number of rotatable bonds is 4. The molecule has 0 aliphatic heterocycles. The predicted octanol–water partition coefficient (Wildman–Crippen LogP) is 0.832. The van der Waals surface area contributed by atoms with Crippen LogP contribution in [0.25, 0.3) is 0 Å². The summed E-state index contributed by atoms with van der Waals surface area (Å²) >= 11 is 0. The van der Waals surface area contributed by atoms with Crippen LogP contribution in [0.4, 0.5) is 5.69 Å². The summed E-state index contributed by atoms with van der Waals surface area (Å²) in [7, 11) is -0.296. The summed E-state index contributed by atoms with van der Waals surface area (Å²) in [6.07, 6.45) is 0. The molecule has 1 aromatic rings. The second-order valence-corrected chi connectivity index (χ2v) is 5.79. The number of anilines is 1. The molecule has 0 fully saturated rings. The number of benzene rings is 1. The fraction of sp³-hybridized carbons (Fsp3) is 0.364. The third-order valence-corrected chi connectivity index (χ3v) is 4.26. The summed E-state index contributed by atoms with van der Waals surface area (Å²) in [6, 6.07) is 6.49. The highest BCUT2D eigenvalue weighted by molar-refractivity contribution is 7.92. The average molecular weight is 256 g/mol. The zero-order valence-electron chi connectivity index (χ0n) is 10.1. The summed E-state index contributed by atoms with van der Waals surface area (Å²) in [6.45, 7) is 1.58. The van der Waals surface area contributed by atoms with Crippen molar-refractivity contribution in [1.82, 2.24) is 5.32 Å². The van der Waals surface area contributed by atoms with Gasteiger partial charge < -0.3 is 5.32 Å². The van der Waals surface area contributed by atoms with Gasteiger partial charge in [-0.05, 0) is 25.1 Å². The van der Waals surface area contributed by atoms with Gasteiger partial charge in [-0.25, -0.2) is 8.42 Å². The molecule has 0 saturated heterocycles. The molecule has 0 aromatic heterocycles. The highest BCUT2D eigenvalue weighted by Gasteiger charge is 2.16. The molecule has 0 heterocycles. The van der Waals surface area contributed by atoms with Crippen LogP contribution >= 0.6 is 0 Å². The molecule has 1 aromatic carbocycles. The van der Waals surface area contributed by atoms with E-state index in [-0.39, 0.29) is 11.7 Å². The number of hydrogen-bond donors (Lipinski definition) is 1. The number of nitrogens with zero attached hydrogens (tertiary/aromatic N) is 1. The Labute approximate surface area is 101 Å². The molecule has 94 valence electrons. The summed E-state index contributed by atoms with van der Waals surface area (Å²) in [5, 5.41) is 2.49. The Bertz CT molecular complexity index is 511. The Morgan fingerprint density at radius 2 is 2.06 bits per heavy atom. The maximum Gasteiger partial charge on any atom is 0.251 e. The van der Waals surface area contributed by atoms with Gasteiger partial charge >= 0.3 is 0 Å². The van der Waals surface area contributed by atoms with Crippen LogP contribution in [0.3, 0.4) is 0 Å². The van der Waals surface area contributed by atoms with Gasteiger partial charge in [0.05, 0.1) is 11.4 Å². The summed E-state index contributed by atoms with van der Waals surface area (Å²) in [5.41, 5.74) is 0.913. The third kappa shape index (κ3) is 2.97. The highest BCUT2D eigenvalue weighted by atomic mass is 32.2. The lowest BCUT2D eigenvalue weighted by Gasteiger charge is -2.18. The van der Waals surface area contributed by atoms with E-state index in [4.69, 9.17) is 0 Å². The van der Waals surface area contributed by atoms with Gasteiger partial charge in [-0.1, -0.05) is 6.07 Å². The zero-order valence-corrected chi connectivity index (χ0v) is 10.9. The van der Waals surface area contributed by atoms with Gasteiger partial charge in [0.15, 0.2) is 0 Å². The average Bonchev–Trinajstić information content (AvgIpc) is 2.36. The molecule has 17 heavy (non-hydrogen) atoms. The minimum atomic E-state index is -3.30. The van der Waals surface area contributed by atoms with Gasteiger partial charge in [-0.2, -0.15) is 0 Å². The molecule has 0 spiro atoms. The van der Waals surface area contributed by atoms with Crippen LogP contribution in [0.2, 0.25) is 0 Å². The molecule has 1 rings (SSSR count). The number of nitrogens with one attached hydrogen (secondary N) is 1. The predicted molar refractivity (Wildman–Crippen MR) is 67.7 cm³/mol. The minimum absolute atomic E-state index is 0.0215. The first kappa shape index (κ1) is 13.5. The van der Waals surface area contributed by atoms with Gasteiger partial charge in [0.1, 0.15) is 0 Å². The van der Waals surface area contributed by atoms with Crippen LogP contribution < -0.4 is 9.62 Å². The van der Waals surface area contributed by atoms with Crippen LogP contribution in [-0.4, -0.2) is 34.2 Å². The number of hydrogen-bond acceptors (Lipinski definition) is 3. The Balaban J connectivity index is 3.12. The van der Waals surface area contributed by atoms with Crippen molar-refractivity contribution in [2.75, 3.05) is 24.2 Å². The van der Waals surface area contributed by atoms with E-state index < -0.39 is 10.0 Å². The van der Waals surface area contributed by atoms with Crippen molar-refractivity contribution in [3.05, 3.63) is 29.8 Å². The van der Waals surface area contributed by atoms with E-state index >= 15 is 0 Å². The van der Waals surface area contributed by atoms with E-state index in [1.54, 1.807) is 31.2 Å². The van der Waals surface area contributed by atoms with Gasteiger partial charge in [0.25, 0.3) is 5.91 Å². The topological polar surface area (TPSA) is 66.5 Å². The first-order chi connectivity index (χ1) is 7.92. The Hall–Kier alpha value is -1.56. The van der Waals surface area contributed by atoms with E-state index in [0.29, 0.717) is 11.3 Å². The van der Waals surface area contributed by atoms with E-state index in [1.165, 1.54) is 18.4 Å². The van der Waals surface area contributed by atoms with E-state index in [9.17, 15) is 13.2 Å². The van der Waals surface area contributed by atoms with Crippen molar-refractivity contribution >= 4 is 21.6 Å². The van der Waals surface area contributed by atoms with Gasteiger partial charge in [0.2, 0.25) is 10.0 Å². The Morgan fingerprint density at radius 1 is 1.41 bits per heavy atom. The standard InChI is InChI=1S/C11H16N2O3S/c1-4-17(15,16)13(3)10-7-5-6-9(8-10)11(14)12-2/h5-8H,4H2,1-3H3,(H,12,14). The fourth-order valence-electron chi connectivity index (χ4n) is 1.34. The van der Waals surface area contributed by atoms with Crippen LogP contribution in [0.5, 0.6) is 0 Å². The summed E-state index contributed by atoms with van der Waals surface area (Å²) in [4.78, 5) is 11.4. The molecule has 0 aliphatic carbocycles. The third-order valence-electron chi connectivity index (χ3n) is 2.48. The fourth-order valence-corrected chi connectivity index (χ4v) is 2.16. The van der Waals surface area contributed by atoms with Crippen molar-refractivity contribution in [3.63, 3.8) is 0 Å². The van der Waals surface area contributed by atoms with Gasteiger partial charge in [-0.3, -0.25) is 9.10 Å². The molecule has 0 radical (unpaired) electrons. The van der Waals surface area contributed by atoms with Crippen molar-refractivity contribution in [1.29, 1.82) is 0 Å². The maximum atomic E-state index is 11.7. The van der Waals surface area contributed by atoms with E-state index in [2.05, 4.69) is 5.32 Å². The highest BCUT2D eigenvalue weighted by Crippen LogP contribution is 2.18. The molecule has 6 heteroatoms. The molecule has 1 N–H and O–H groups in total. The van der Waals surface area contributed by atoms with Crippen LogP contribution in [0.1, 0.15) is 17.3 Å². The quantitative estimate of drug-likeness (QED) is 0.867. The van der Waals surface area contributed by atoms with Crippen LogP contribution in [0, 0.1) is 0 Å². The molecular weight excluding hydrogens is 240 g/mol. The molecule has 0 atom stereocenters. The largest absolute Gasteiger partial charge is 0.355 e.